The Morgan fingerprint density at radius 3 is 2.68 bits per heavy atom. The normalized spacial score (nSPS) is 22.5. The molecule has 0 bridgehead atoms. The molecule has 146 valence electrons. The van der Waals surface area contributed by atoms with Gasteiger partial charge in [-0.3, -0.25) is 24.4 Å². The van der Waals surface area contributed by atoms with Crippen LogP contribution in [0.4, 0.5) is 9.18 Å². The van der Waals surface area contributed by atoms with Crippen molar-refractivity contribution in [3.8, 4) is 11.3 Å². The van der Waals surface area contributed by atoms with Crippen LogP contribution in [0.15, 0.2) is 30.3 Å². The lowest BCUT2D eigenvalue weighted by Crippen LogP contribution is -2.54. The van der Waals surface area contributed by atoms with Crippen molar-refractivity contribution in [3.05, 3.63) is 41.8 Å². The first-order valence-corrected chi connectivity index (χ1v) is 10.1. The maximum Gasteiger partial charge on any atom is 0.289 e. The highest BCUT2D eigenvalue weighted by Gasteiger charge is 2.41. The Balaban J connectivity index is 1.48. The van der Waals surface area contributed by atoms with Crippen molar-refractivity contribution in [2.45, 2.75) is 37.8 Å². The molecule has 2 unspecified atom stereocenters. The zero-order valence-corrected chi connectivity index (χ0v) is 15.8. The molecule has 1 aromatic carbocycles. The molecule has 28 heavy (non-hydrogen) atoms. The first-order chi connectivity index (χ1) is 13.5. The van der Waals surface area contributed by atoms with Crippen molar-refractivity contribution in [1.29, 1.82) is 0 Å². The second-order valence-electron chi connectivity index (χ2n) is 6.92. The van der Waals surface area contributed by atoms with Gasteiger partial charge in [0.25, 0.3) is 11.1 Å². The number of aromatic amines is 1. The third kappa shape index (κ3) is 3.66. The average Bonchev–Trinajstić information content (AvgIpc) is 3.30. The summed E-state index contributed by atoms with van der Waals surface area (Å²) in [5, 5.41) is 9.54. The van der Waals surface area contributed by atoms with Crippen LogP contribution in [0.25, 0.3) is 11.3 Å². The molecule has 0 radical (unpaired) electrons. The van der Waals surface area contributed by atoms with Crippen molar-refractivity contribution in [1.82, 2.24) is 20.4 Å². The maximum absolute atomic E-state index is 13.1. The summed E-state index contributed by atoms with van der Waals surface area (Å²) < 4.78 is 13.1. The van der Waals surface area contributed by atoms with Gasteiger partial charge in [0.1, 0.15) is 11.5 Å². The minimum atomic E-state index is -0.343. The summed E-state index contributed by atoms with van der Waals surface area (Å²) in [4.78, 5) is 38.2. The van der Waals surface area contributed by atoms with E-state index in [1.165, 1.54) is 17.0 Å². The number of thioether (sulfide) groups is 1. The fourth-order valence-corrected chi connectivity index (χ4v) is 4.49. The van der Waals surface area contributed by atoms with Crippen LogP contribution in [-0.2, 0) is 4.79 Å². The second-order valence-corrected chi connectivity index (χ2v) is 7.85. The van der Waals surface area contributed by atoms with Gasteiger partial charge in [-0.25, -0.2) is 4.39 Å². The van der Waals surface area contributed by atoms with Gasteiger partial charge in [0.15, 0.2) is 0 Å². The molecule has 3 amide bonds. The van der Waals surface area contributed by atoms with Gasteiger partial charge in [-0.15, -0.1) is 0 Å². The van der Waals surface area contributed by atoms with Gasteiger partial charge in [-0.05, 0) is 43.2 Å². The van der Waals surface area contributed by atoms with E-state index in [2.05, 4.69) is 15.5 Å². The van der Waals surface area contributed by atoms with Crippen LogP contribution in [0.2, 0.25) is 0 Å². The fraction of sp³-hybridized carbons (Fsp3) is 0.368. The fourth-order valence-electron chi connectivity index (χ4n) is 3.73. The van der Waals surface area contributed by atoms with Crippen molar-refractivity contribution >= 4 is 28.8 Å². The quantitative estimate of drug-likeness (QED) is 0.820. The van der Waals surface area contributed by atoms with E-state index < -0.39 is 0 Å². The van der Waals surface area contributed by atoms with E-state index in [-0.39, 0.29) is 46.4 Å². The minimum absolute atomic E-state index is 0.164. The number of carbonyl (C=O) groups is 3. The standard InChI is InChI=1S/C19H19FN4O3S/c20-12-7-5-11(6-8-12)14-9-15(23-22-14)18(26)21-13-3-1-2-4-16(13)24-17(25)10-28-19(24)27/h5-9,13,16H,1-4,10H2,(H,21,26)(H,22,23). The molecule has 2 N–H and O–H groups in total. The van der Waals surface area contributed by atoms with Gasteiger partial charge in [0.05, 0.1) is 23.5 Å². The summed E-state index contributed by atoms with van der Waals surface area (Å²) in [5.74, 6) is -0.715. The maximum atomic E-state index is 13.1. The lowest BCUT2D eigenvalue weighted by atomic mass is 9.89. The number of aromatic nitrogens is 2. The number of rotatable bonds is 4. The van der Waals surface area contributed by atoms with E-state index in [1.807, 2.05) is 0 Å². The average molecular weight is 402 g/mol. The molecule has 4 rings (SSSR count). The Morgan fingerprint density at radius 2 is 1.96 bits per heavy atom. The van der Waals surface area contributed by atoms with Crippen LogP contribution in [0.1, 0.15) is 36.2 Å². The number of nitrogens with zero attached hydrogens (tertiary/aromatic N) is 2. The zero-order chi connectivity index (χ0) is 19.7. The Bertz CT molecular complexity index is 898. The number of hydrogen-bond acceptors (Lipinski definition) is 5. The van der Waals surface area contributed by atoms with Crippen LogP contribution >= 0.6 is 11.8 Å². The van der Waals surface area contributed by atoms with Gasteiger partial charge in [0.2, 0.25) is 5.91 Å². The number of halogens is 1. The predicted molar refractivity (Wildman–Crippen MR) is 102 cm³/mol. The molecule has 1 aromatic heterocycles. The minimum Gasteiger partial charge on any atom is -0.346 e. The first-order valence-electron chi connectivity index (χ1n) is 9.14. The molecule has 9 heteroatoms. The molecular formula is C19H19FN4O3S. The molecule has 2 aromatic rings. The summed E-state index contributed by atoms with van der Waals surface area (Å²) in [5.41, 5.74) is 1.50. The monoisotopic (exact) mass is 402 g/mol. The van der Waals surface area contributed by atoms with Gasteiger partial charge in [-0.1, -0.05) is 24.6 Å². The number of benzene rings is 1. The Kier molecular flexibility index (Phi) is 5.17. The highest BCUT2D eigenvalue weighted by Crippen LogP contribution is 2.30. The van der Waals surface area contributed by atoms with Crippen LogP contribution in [0.5, 0.6) is 0 Å². The molecular weight excluding hydrogens is 383 g/mol. The van der Waals surface area contributed by atoms with Crippen LogP contribution < -0.4 is 5.32 Å². The summed E-state index contributed by atoms with van der Waals surface area (Å²) in [6.07, 6.45) is 3.23. The zero-order valence-electron chi connectivity index (χ0n) is 15.0. The summed E-state index contributed by atoms with van der Waals surface area (Å²) in [6, 6.07) is 6.84. The number of hydrogen-bond donors (Lipinski definition) is 2. The third-order valence-electron chi connectivity index (χ3n) is 5.12. The largest absolute Gasteiger partial charge is 0.346 e. The van der Waals surface area contributed by atoms with Crippen LogP contribution in [0.3, 0.4) is 0 Å². The van der Waals surface area contributed by atoms with E-state index in [9.17, 15) is 18.8 Å². The van der Waals surface area contributed by atoms with Gasteiger partial charge in [0, 0.05) is 5.56 Å². The summed E-state index contributed by atoms with van der Waals surface area (Å²) >= 11 is 1.01. The van der Waals surface area contributed by atoms with Crippen molar-refractivity contribution in [3.63, 3.8) is 0 Å². The molecule has 2 fully saturated rings. The molecule has 1 aliphatic heterocycles. The molecule has 2 heterocycles. The lowest BCUT2D eigenvalue weighted by molar-refractivity contribution is -0.127. The summed E-state index contributed by atoms with van der Waals surface area (Å²) in [7, 11) is 0. The topological polar surface area (TPSA) is 95.2 Å². The molecule has 1 saturated carbocycles. The molecule has 2 atom stereocenters. The van der Waals surface area contributed by atoms with E-state index in [0.29, 0.717) is 24.1 Å². The van der Waals surface area contributed by atoms with Gasteiger partial charge in [-0.2, -0.15) is 5.10 Å². The van der Waals surface area contributed by atoms with Crippen molar-refractivity contribution < 1.29 is 18.8 Å². The Morgan fingerprint density at radius 1 is 1.21 bits per heavy atom. The number of nitrogens with one attached hydrogen (secondary N) is 2. The smallest absolute Gasteiger partial charge is 0.289 e. The van der Waals surface area contributed by atoms with Gasteiger partial charge < -0.3 is 5.32 Å². The van der Waals surface area contributed by atoms with E-state index in [1.54, 1.807) is 18.2 Å². The Labute approximate surface area is 165 Å². The third-order valence-corrected chi connectivity index (χ3v) is 5.96. The highest BCUT2D eigenvalue weighted by molar-refractivity contribution is 8.14. The van der Waals surface area contributed by atoms with Crippen LogP contribution in [0, 0.1) is 5.82 Å². The second kappa shape index (κ2) is 7.75. The lowest BCUT2D eigenvalue weighted by Gasteiger charge is -2.36. The van der Waals surface area contributed by atoms with Crippen LogP contribution in [-0.4, -0.2) is 50.0 Å². The SMILES string of the molecule is O=C(NC1CCCCC1N1C(=O)CSC1=O)c1cc(-c2ccc(F)cc2)n[nH]1. The summed E-state index contributed by atoms with van der Waals surface area (Å²) in [6.45, 7) is 0. The van der Waals surface area contributed by atoms with E-state index in [0.717, 1.165) is 24.6 Å². The van der Waals surface area contributed by atoms with Gasteiger partial charge >= 0.3 is 0 Å². The molecule has 7 nitrogen and oxygen atoms in total. The molecule has 1 saturated heterocycles. The number of amides is 3. The van der Waals surface area contributed by atoms with E-state index >= 15 is 0 Å². The van der Waals surface area contributed by atoms with Crippen molar-refractivity contribution in [2.24, 2.45) is 0 Å². The number of imide groups is 1. The molecule has 2 aliphatic rings. The molecule has 1 aliphatic carbocycles. The highest BCUT2D eigenvalue weighted by atomic mass is 32.2. The molecule has 0 spiro atoms. The van der Waals surface area contributed by atoms with Crippen molar-refractivity contribution in [2.75, 3.05) is 5.75 Å². The number of H-pyrrole nitrogens is 1. The number of carbonyl (C=O) groups excluding carboxylic acids is 3. The van der Waals surface area contributed by atoms with E-state index in [4.69, 9.17) is 0 Å². The predicted octanol–water partition coefficient (Wildman–Crippen LogP) is 2.95. The Hall–Kier alpha value is -2.68. The first kappa shape index (κ1) is 18.7.